The van der Waals surface area contributed by atoms with Crippen LogP contribution in [0.1, 0.15) is 37.7 Å². The number of likely N-dealkylation sites (tertiary alicyclic amines) is 1. The van der Waals surface area contributed by atoms with E-state index in [1.807, 2.05) is 42.2 Å². The number of hydrogen-bond donors (Lipinski definition) is 0. The van der Waals surface area contributed by atoms with Gasteiger partial charge in [0.2, 0.25) is 15.9 Å². The number of benzene rings is 1. The van der Waals surface area contributed by atoms with Gasteiger partial charge in [0.1, 0.15) is 0 Å². The molecule has 0 unspecified atom stereocenters. The first kappa shape index (κ1) is 17.9. The SMILES string of the molecule is CC[C@@H](C(=O)N1CCC(N(C)S(C)(=O)=O)CC1)c1ccccc1. The predicted molar refractivity (Wildman–Crippen MR) is 91.7 cm³/mol. The molecule has 1 saturated heterocycles. The van der Waals surface area contributed by atoms with E-state index in [1.165, 1.54) is 10.6 Å². The van der Waals surface area contributed by atoms with Gasteiger partial charge in [-0.25, -0.2) is 12.7 Å². The Balaban J connectivity index is 2.00. The molecular weight excluding hydrogens is 312 g/mol. The largest absolute Gasteiger partial charge is 0.342 e. The second-order valence-electron chi connectivity index (χ2n) is 6.21. The molecule has 0 bridgehead atoms. The van der Waals surface area contributed by atoms with Gasteiger partial charge in [-0.15, -0.1) is 0 Å². The average Bonchev–Trinajstić information content (AvgIpc) is 2.55. The number of carbonyl (C=O) groups excluding carboxylic acids is 1. The van der Waals surface area contributed by atoms with Crippen molar-refractivity contribution >= 4 is 15.9 Å². The molecule has 0 aromatic heterocycles. The second-order valence-corrected chi connectivity index (χ2v) is 8.25. The van der Waals surface area contributed by atoms with Gasteiger partial charge in [0, 0.05) is 26.2 Å². The zero-order chi connectivity index (χ0) is 17.0. The molecule has 0 radical (unpaired) electrons. The quantitative estimate of drug-likeness (QED) is 0.826. The summed E-state index contributed by atoms with van der Waals surface area (Å²) in [6.45, 7) is 3.26. The highest BCUT2D eigenvalue weighted by Gasteiger charge is 2.31. The van der Waals surface area contributed by atoms with Gasteiger partial charge in [-0.2, -0.15) is 0 Å². The fraction of sp³-hybridized carbons (Fsp3) is 0.588. The van der Waals surface area contributed by atoms with Gasteiger partial charge >= 0.3 is 0 Å². The van der Waals surface area contributed by atoms with E-state index in [2.05, 4.69) is 0 Å². The van der Waals surface area contributed by atoms with Gasteiger partial charge in [0.05, 0.1) is 12.2 Å². The maximum Gasteiger partial charge on any atom is 0.230 e. The lowest BCUT2D eigenvalue weighted by atomic mass is 9.93. The summed E-state index contributed by atoms with van der Waals surface area (Å²) in [5.74, 6) is 0.0412. The molecule has 1 fully saturated rings. The standard InChI is InChI=1S/C17H26N2O3S/c1-4-16(14-8-6-5-7-9-14)17(20)19-12-10-15(11-13-19)18(2)23(3,21)22/h5-9,15-16H,4,10-13H2,1-3H3/t16-/m1/s1. The van der Waals surface area contributed by atoms with Crippen LogP contribution in [0.3, 0.4) is 0 Å². The van der Waals surface area contributed by atoms with Crippen LogP contribution in [0, 0.1) is 0 Å². The zero-order valence-corrected chi connectivity index (χ0v) is 14.9. The van der Waals surface area contributed by atoms with Gasteiger partial charge in [-0.1, -0.05) is 37.3 Å². The molecule has 128 valence electrons. The zero-order valence-electron chi connectivity index (χ0n) is 14.1. The van der Waals surface area contributed by atoms with Crippen LogP contribution in [0.25, 0.3) is 0 Å². The van der Waals surface area contributed by atoms with Crippen LogP contribution in [0.5, 0.6) is 0 Å². The van der Waals surface area contributed by atoms with Gasteiger partial charge in [-0.3, -0.25) is 4.79 Å². The highest BCUT2D eigenvalue weighted by molar-refractivity contribution is 7.88. The minimum atomic E-state index is -3.17. The van der Waals surface area contributed by atoms with E-state index in [9.17, 15) is 13.2 Å². The number of amides is 1. The molecule has 0 spiro atoms. The Hall–Kier alpha value is -1.40. The minimum absolute atomic E-state index is 0.00847. The maximum absolute atomic E-state index is 12.8. The number of rotatable bonds is 5. The maximum atomic E-state index is 12.8. The van der Waals surface area contributed by atoms with E-state index in [-0.39, 0.29) is 17.9 Å². The topological polar surface area (TPSA) is 57.7 Å². The Morgan fingerprint density at radius 2 is 1.83 bits per heavy atom. The summed E-state index contributed by atoms with van der Waals surface area (Å²) in [7, 11) is -1.55. The van der Waals surface area contributed by atoms with Crippen molar-refractivity contribution in [3.63, 3.8) is 0 Å². The highest BCUT2D eigenvalue weighted by atomic mass is 32.2. The van der Waals surface area contributed by atoms with Crippen LogP contribution in [-0.4, -0.2) is 56.0 Å². The summed E-state index contributed by atoms with van der Waals surface area (Å²) in [5.41, 5.74) is 1.05. The van der Waals surface area contributed by atoms with E-state index >= 15 is 0 Å². The van der Waals surface area contributed by atoms with Crippen LogP contribution in [-0.2, 0) is 14.8 Å². The number of carbonyl (C=O) groups is 1. The lowest BCUT2D eigenvalue weighted by Gasteiger charge is -2.37. The van der Waals surface area contributed by atoms with Crippen molar-refractivity contribution in [3.8, 4) is 0 Å². The van der Waals surface area contributed by atoms with Crippen molar-refractivity contribution in [1.29, 1.82) is 0 Å². The summed E-state index contributed by atoms with van der Waals surface area (Å²) >= 11 is 0. The Morgan fingerprint density at radius 1 is 1.26 bits per heavy atom. The van der Waals surface area contributed by atoms with Crippen molar-refractivity contribution in [2.75, 3.05) is 26.4 Å². The Labute approximate surface area is 139 Å². The van der Waals surface area contributed by atoms with Crippen LogP contribution in [0.4, 0.5) is 0 Å². The second kappa shape index (κ2) is 7.45. The molecule has 1 heterocycles. The molecule has 1 aromatic carbocycles. The van der Waals surface area contributed by atoms with Crippen molar-refractivity contribution in [1.82, 2.24) is 9.21 Å². The monoisotopic (exact) mass is 338 g/mol. The lowest BCUT2D eigenvalue weighted by Crippen LogP contribution is -2.48. The molecule has 23 heavy (non-hydrogen) atoms. The van der Waals surface area contributed by atoms with Crippen LogP contribution >= 0.6 is 0 Å². The summed E-state index contributed by atoms with van der Waals surface area (Å²) in [5, 5.41) is 0. The Bertz CT molecular complexity index is 622. The van der Waals surface area contributed by atoms with E-state index in [0.717, 1.165) is 12.0 Å². The van der Waals surface area contributed by atoms with Crippen LogP contribution in [0.15, 0.2) is 30.3 Å². The lowest BCUT2D eigenvalue weighted by molar-refractivity contribution is -0.134. The summed E-state index contributed by atoms with van der Waals surface area (Å²) in [6.07, 6.45) is 3.39. The van der Waals surface area contributed by atoms with Crippen molar-refractivity contribution in [2.45, 2.75) is 38.1 Å². The molecule has 0 saturated carbocycles. The highest BCUT2D eigenvalue weighted by Crippen LogP contribution is 2.25. The molecule has 1 aliphatic heterocycles. The third-order valence-electron chi connectivity index (χ3n) is 4.72. The summed E-state index contributed by atoms with van der Waals surface area (Å²) < 4.78 is 24.7. The smallest absolute Gasteiger partial charge is 0.230 e. The summed E-state index contributed by atoms with van der Waals surface area (Å²) in [6, 6.07) is 9.85. The molecule has 1 aliphatic rings. The fourth-order valence-electron chi connectivity index (χ4n) is 3.18. The predicted octanol–water partition coefficient (Wildman–Crippen LogP) is 2.06. The molecule has 0 N–H and O–H groups in total. The number of hydrogen-bond acceptors (Lipinski definition) is 3. The number of nitrogens with zero attached hydrogens (tertiary/aromatic N) is 2. The third-order valence-corrected chi connectivity index (χ3v) is 6.07. The van der Waals surface area contributed by atoms with E-state index < -0.39 is 10.0 Å². The third kappa shape index (κ3) is 4.32. The van der Waals surface area contributed by atoms with Gasteiger partial charge in [-0.05, 0) is 24.8 Å². The van der Waals surface area contributed by atoms with E-state index in [4.69, 9.17) is 0 Å². The van der Waals surface area contributed by atoms with Crippen molar-refractivity contribution < 1.29 is 13.2 Å². The molecule has 1 amide bonds. The molecule has 1 atom stereocenters. The van der Waals surface area contributed by atoms with Crippen LogP contribution in [0.2, 0.25) is 0 Å². The minimum Gasteiger partial charge on any atom is -0.342 e. The first-order chi connectivity index (χ1) is 10.8. The van der Waals surface area contributed by atoms with Crippen molar-refractivity contribution in [2.24, 2.45) is 0 Å². The van der Waals surface area contributed by atoms with E-state index in [1.54, 1.807) is 7.05 Å². The normalized spacial score (nSPS) is 18.2. The van der Waals surface area contributed by atoms with Crippen LogP contribution < -0.4 is 0 Å². The summed E-state index contributed by atoms with van der Waals surface area (Å²) in [4.78, 5) is 14.7. The molecular formula is C17H26N2O3S. The Morgan fingerprint density at radius 3 is 2.30 bits per heavy atom. The number of piperidine rings is 1. The fourth-order valence-corrected chi connectivity index (χ4v) is 3.93. The van der Waals surface area contributed by atoms with Crippen molar-refractivity contribution in [3.05, 3.63) is 35.9 Å². The molecule has 6 heteroatoms. The van der Waals surface area contributed by atoms with Gasteiger partial charge in [0.15, 0.2) is 0 Å². The van der Waals surface area contributed by atoms with Gasteiger partial charge < -0.3 is 4.90 Å². The molecule has 2 rings (SSSR count). The first-order valence-electron chi connectivity index (χ1n) is 8.11. The number of sulfonamides is 1. The molecule has 5 nitrogen and oxygen atoms in total. The Kier molecular flexibility index (Phi) is 5.81. The van der Waals surface area contributed by atoms with E-state index in [0.29, 0.717) is 25.9 Å². The molecule has 0 aliphatic carbocycles. The first-order valence-corrected chi connectivity index (χ1v) is 9.96. The molecule has 1 aromatic rings. The van der Waals surface area contributed by atoms with Gasteiger partial charge in [0.25, 0.3) is 0 Å². The average molecular weight is 338 g/mol.